The van der Waals surface area contributed by atoms with Crippen LogP contribution in [0.3, 0.4) is 0 Å². The molecule has 2 heterocycles. The molecule has 0 saturated heterocycles. The SMILES string of the molecule is O=C(CCCCCCCCn1ccc2cc(Br)ncc21)NCc1ccccc1. The summed E-state index contributed by atoms with van der Waals surface area (Å²) in [5.74, 6) is 0.156. The van der Waals surface area contributed by atoms with Crippen molar-refractivity contribution in [2.45, 2.75) is 58.0 Å². The van der Waals surface area contributed by atoms with Crippen molar-refractivity contribution in [3.8, 4) is 0 Å². The summed E-state index contributed by atoms with van der Waals surface area (Å²) < 4.78 is 3.16. The zero-order valence-corrected chi connectivity index (χ0v) is 17.8. The molecule has 4 nitrogen and oxygen atoms in total. The number of nitrogens with zero attached hydrogens (tertiary/aromatic N) is 2. The molecule has 0 atom stereocenters. The van der Waals surface area contributed by atoms with Crippen molar-refractivity contribution < 1.29 is 4.79 Å². The maximum atomic E-state index is 11.9. The van der Waals surface area contributed by atoms with Crippen molar-refractivity contribution >= 4 is 32.7 Å². The molecule has 0 radical (unpaired) electrons. The van der Waals surface area contributed by atoms with Crippen LogP contribution < -0.4 is 5.32 Å². The van der Waals surface area contributed by atoms with Gasteiger partial charge in [-0.05, 0) is 46.5 Å². The molecule has 0 unspecified atom stereocenters. The van der Waals surface area contributed by atoms with E-state index in [2.05, 4.69) is 49.1 Å². The second kappa shape index (κ2) is 11.0. The van der Waals surface area contributed by atoms with Gasteiger partial charge in [0.25, 0.3) is 0 Å². The van der Waals surface area contributed by atoms with Crippen LogP contribution >= 0.6 is 15.9 Å². The van der Waals surface area contributed by atoms with Gasteiger partial charge in [0, 0.05) is 31.1 Å². The molecule has 0 aliphatic carbocycles. The van der Waals surface area contributed by atoms with Crippen LogP contribution in [0.5, 0.6) is 0 Å². The second-order valence-electron chi connectivity index (χ2n) is 7.21. The van der Waals surface area contributed by atoms with Crippen molar-refractivity contribution in [2.24, 2.45) is 0 Å². The predicted molar refractivity (Wildman–Crippen MR) is 118 cm³/mol. The third-order valence-corrected chi connectivity index (χ3v) is 5.44. The Kier molecular flexibility index (Phi) is 8.09. The molecule has 0 bridgehead atoms. The van der Waals surface area contributed by atoms with Gasteiger partial charge in [-0.1, -0.05) is 56.0 Å². The number of halogens is 1. The average Bonchev–Trinajstić information content (AvgIpc) is 3.11. The van der Waals surface area contributed by atoms with Crippen LogP contribution in [0.1, 0.15) is 50.5 Å². The number of fused-ring (bicyclic) bond motifs is 1. The van der Waals surface area contributed by atoms with Crippen LogP contribution in [0.2, 0.25) is 0 Å². The van der Waals surface area contributed by atoms with Gasteiger partial charge >= 0.3 is 0 Å². The van der Waals surface area contributed by atoms with Crippen LogP contribution in [0, 0.1) is 0 Å². The van der Waals surface area contributed by atoms with Gasteiger partial charge in [0.15, 0.2) is 0 Å². The lowest BCUT2D eigenvalue weighted by atomic mass is 10.1. The van der Waals surface area contributed by atoms with Gasteiger partial charge in [-0.2, -0.15) is 0 Å². The Morgan fingerprint density at radius 2 is 1.75 bits per heavy atom. The first-order chi connectivity index (χ1) is 13.7. The number of carbonyl (C=O) groups is 1. The van der Waals surface area contributed by atoms with Crippen LogP contribution in [0.4, 0.5) is 0 Å². The summed E-state index contributed by atoms with van der Waals surface area (Å²) in [7, 11) is 0. The third-order valence-electron chi connectivity index (χ3n) is 5.01. The standard InChI is InChI=1S/C23H28BrN3O/c24-22-16-20-13-15-27(21(20)18-25-22)14-9-4-2-1-3-8-12-23(28)26-17-19-10-6-5-7-11-19/h5-7,10-11,13,15-16,18H,1-4,8-9,12,14,17H2,(H,26,28). The van der Waals surface area contributed by atoms with Gasteiger partial charge < -0.3 is 9.88 Å². The highest BCUT2D eigenvalue weighted by atomic mass is 79.9. The number of hydrogen-bond acceptors (Lipinski definition) is 2. The van der Waals surface area contributed by atoms with Crippen molar-refractivity contribution in [1.82, 2.24) is 14.9 Å². The summed E-state index contributed by atoms with van der Waals surface area (Å²) in [5.41, 5.74) is 2.35. The van der Waals surface area contributed by atoms with Crippen molar-refractivity contribution in [3.63, 3.8) is 0 Å². The molecular weight excluding hydrogens is 414 g/mol. The Balaban J connectivity index is 1.22. The minimum Gasteiger partial charge on any atom is -0.352 e. The maximum absolute atomic E-state index is 11.9. The van der Waals surface area contributed by atoms with E-state index in [1.807, 2.05) is 36.5 Å². The highest BCUT2D eigenvalue weighted by Crippen LogP contribution is 2.19. The van der Waals surface area contributed by atoms with E-state index in [1.165, 1.54) is 36.6 Å². The van der Waals surface area contributed by atoms with E-state index in [0.29, 0.717) is 13.0 Å². The Bertz CT molecular complexity index is 876. The number of rotatable bonds is 11. The molecule has 0 aliphatic heterocycles. The molecule has 1 aromatic carbocycles. The minimum atomic E-state index is 0.156. The smallest absolute Gasteiger partial charge is 0.220 e. The first-order valence-corrected chi connectivity index (χ1v) is 10.9. The largest absolute Gasteiger partial charge is 0.352 e. The zero-order chi connectivity index (χ0) is 19.6. The number of nitrogens with one attached hydrogen (secondary N) is 1. The molecule has 5 heteroatoms. The Morgan fingerprint density at radius 1 is 1.00 bits per heavy atom. The monoisotopic (exact) mass is 441 g/mol. The fourth-order valence-electron chi connectivity index (χ4n) is 3.42. The lowest BCUT2D eigenvalue weighted by molar-refractivity contribution is -0.121. The number of benzene rings is 1. The highest BCUT2D eigenvalue weighted by molar-refractivity contribution is 9.10. The summed E-state index contributed by atoms with van der Waals surface area (Å²) in [5, 5.41) is 4.22. The Morgan fingerprint density at radius 3 is 2.57 bits per heavy atom. The van der Waals surface area contributed by atoms with Crippen molar-refractivity contribution in [2.75, 3.05) is 0 Å². The zero-order valence-electron chi connectivity index (χ0n) is 16.2. The maximum Gasteiger partial charge on any atom is 0.220 e. The van der Waals surface area contributed by atoms with E-state index in [0.717, 1.165) is 29.6 Å². The number of unbranched alkanes of at least 4 members (excludes halogenated alkanes) is 5. The normalized spacial score (nSPS) is 11.0. The van der Waals surface area contributed by atoms with E-state index in [9.17, 15) is 4.79 Å². The van der Waals surface area contributed by atoms with Crippen LogP contribution in [0.15, 0.2) is 59.5 Å². The van der Waals surface area contributed by atoms with Gasteiger partial charge in [-0.25, -0.2) is 4.98 Å². The second-order valence-corrected chi connectivity index (χ2v) is 8.02. The number of aryl methyl sites for hydroxylation is 1. The first-order valence-electron chi connectivity index (χ1n) is 10.1. The van der Waals surface area contributed by atoms with Crippen LogP contribution in [-0.4, -0.2) is 15.5 Å². The average molecular weight is 442 g/mol. The molecule has 2 aromatic heterocycles. The number of aromatic nitrogens is 2. The fourth-order valence-corrected chi connectivity index (χ4v) is 3.76. The Hall–Kier alpha value is -2.14. The molecular formula is C23H28BrN3O. The van der Waals surface area contributed by atoms with Gasteiger partial charge in [-0.3, -0.25) is 4.79 Å². The molecule has 0 spiro atoms. The van der Waals surface area contributed by atoms with Crippen molar-refractivity contribution in [1.29, 1.82) is 0 Å². The van der Waals surface area contributed by atoms with Crippen LogP contribution in [-0.2, 0) is 17.9 Å². The van der Waals surface area contributed by atoms with Crippen molar-refractivity contribution in [3.05, 3.63) is 65.0 Å². The molecule has 3 aromatic rings. The molecule has 148 valence electrons. The quantitative estimate of drug-likeness (QED) is 0.299. The van der Waals surface area contributed by atoms with Gasteiger partial charge in [0.2, 0.25) is 5.91 Å². The predicted octanol–water partition coefficient (Wildman–Crippen LogP) is 5.85. The number of pyridine rings is 1. The van der Waals surface area contributed by atoms with E-state index in [-0.39, 0.29) is 5.91 Å². The first kappa shape index (κ1) is 20.6. The van der Waals surface area contributed by atoms with E-state index < -0.39 is 0 Å². The van der Waals surface area contributed by atoms with E-state index >= 15 is 0 Å². The number of amides is 1. The molecule has 28 heavy (non-hydrogen) atoms. The molecule has 0 fully saturated rings. The number of carbonyl (C=O) groups excluding carboxylic acids is 1. The third kappa shape index (κ3) is 6.48. The van der Waals surface area contributed by atoms with Gasteiger partial charge in [0.05, 0.1) is 11.7 Å². The van der Waals surface area contributed by atoms with E-state index in [4.69, 9.17) is 0 Å². The van der Waals surface area contributed by atoms with Gasteiger partial charge in [-0.15, -0.1) is 0 Å². The lowest BCUT2D eigenvalue weighted by Crippen LogP contribution is -2.22. The molecule has 1 N–H and O–H groups in total. The summed E-state index contributed by atoms with van der Waals surface area (Å²) in [4.78, 5) is 16.2. The van der Waals surface area contributed by atoms with Gasteiger partial charge in [0.1, 0.15) is 4.60 Å². The highest BCUT2D eigenvalue weighted by Gasteiger charge is 2.03. The topological polar surface area (TPSA) is 46.9 Å². The summed E-state index contributed by atoms with van der Waals surface area (Å²) in [6.45, 7) is 1.66. The summed E-state index contributed by atoms with van der Waals surface area (Å²) in [6, 6.07) is 14.2. The minimum absolute atomic E-state index is 0.156. The fraction of sp³-hybridized carbons (Fsp3) is 0.391. The molecule has 3 rings (SSSR count). The summed E-state index contributed by atoms with van der Waals surface area (Å²) >= 11 is 3.42. The van der Waals surface area contributed by atoms with Crippen LogP contribution in [0.25, 0.3) is 10.9 Å². The molecule has 0 saturated carbocycles. The summed E-state index contributed by atoms with van der Waals surface area (Å²) in [6.07, 6.45) is 11.6. The molecule has 0 aliphatic rings. The number of hydrogen-bond donors (Lipinski definition) is 1. The lowest BCUT2D eigenvalue weighted by Gasteiger charge is -2.06. The van der Waals surface area contributed by atoms with E-state index in [1.54, 1.807) is 0 Å². The molecule has 1 amide bonds. The Labute approximate surface area is 175 Å².